The Hall–Kier alpha value is -1.55. The smallest absolute Gasteiger partial charge is 0.222 e. The van der Waals surface area contributed by atoms with Crippen LogP contribution in [0.4, 0.5) is 0 Å². The van der Waals surface area contributed by atoms with E-state index in [-0.39, 0.29) is 23.8 Å². The molecule has 1 fully saturated rings. The van der Waals surface area contributed by atoms with Crippen molar-refractivity contribution in [2.24, 2.45) is 11.7 Å². The van der Waals surface area contributed by atoms with Crippen LogP contribution in [0.3, 0.4) is 0 Å². The fourth-order valence-corrected chi connectivity index (χ4v) is 2.68. The molecule has 0 bridgehead atoms. The molecule has 0 saturated carbocycles. The molecule has 0 spiro atoms. The van der Waals surface area contributed by atoms with Crippen LogP contribution in [0.25, 0.3) is 0 Å². The molecule has 1 aliphatic rings. The second kappa shape index (κ2) is 4.98. The summed E-state index contributed by atoms with van der Waals surface area (Å²) in [5, 5.41) is 0.585. The first-order chi connectivity index (χ1) is 8.50. The maximum absolute atomic E-state index is 11.8. The topological polar surface area (TPSA) is 63.4 Å². The molecule has 2 rings (SSSR count). The minimum Gasteiger partial charge on any atom is -0.369 e. The van der Waals surface area contributed by atoms with Gasteiger partial charge in [0.2, 0.25) is 11.8 Å². The van der Waals surface area contributed by atoms with E-state index in [1.807, 2.05) is 12.1 Å². The normalized spacial score (nSPS) is 24.1. The van der Waals surface area contributed by atoms with Crippen LogP contribution in [0.2, 0.25) is 5.02 Å². The summed E-state index contributed by atoms with van der Waals surface area (Å²) in [6.45, 7) is 0. The standard InChI is InChI=1S/C13H15ClN2O2/c1-16-11(17)6-5-10(13(15)18)12(16)8-3-2-4-9(14)7-8/h2-4,7,10,12H,5-6H2,1H3,(H2,15,18). The number of likely N-dealkylation sites (tertiary alicyclic amines) is 1. The van der Waals surface area contributed by atoms with Gasteiger partial charge in [-0.2, -0.15) is 0 Å². The summed E-state index contributed by atoms with van der Waals surface area (Å²) in [5.74, 6) is -0.706. The summed E-state index contributed by atoms with van der Waals surface area (Å²) in [6, 6.07) is 6.89. The van der Waals surface area contributed by atoms with Crippen molar-refractivity contribution in [3.05, 3.63) is 34.9 Å². The summed E-state index contributed by atoms with van der Waals surface area (Å²) in [4.78, 5) is 24.9. The summed E-state index contributed by atoms with van der Waals surface area (Å²) in [6.07, 6.45) is 0.858. The molecule has 0 aliphatic carbocycles. The van der Waals surface area contributed by atoms with Gasteiger partial charge in [-0.15, -0.1) is 0 Å². The number of carbonyl (C=O) groups excluding carboxylic acids is 2. The van der Waals surface area contributed by atoms with E-state index in [9.17, 15) is 9.59 Å². The van der Waals surface area contributed by atoms with E-state index in [0.29, 0.717) is 17.9 Å². The Morgan fingerprint density at radius 1 is 1.50 bits per heavy atom. The number of nitrogens with zero attached hydrogens (tertiary/aromatic N) is 1. The van der Waals surface area contributed by atoms with E-state index in [1.165, 1.54) is 0 Å². The van der Waals surface area contributed by atoms with Gasteiger partial charge in [-0.3, -0.25) is 9.59 Å². The first-order valence-corrected chi connectivity index (χ1v) is 6.19. The highest BCUT2D eigenvalue weighted by molar-refractivity contribution is 6.30. The molecule has 18 heavy (non-hydrogen) atoms. The molecule has 4 nitrogen and oxygen atoms in total. The Morgan fingerprint density at radius 2 is 2.22 bits per heavy atom. The van der Waals surface area contributed by atoms with Gasteiger partial charge in [0.05, 0.1) is 12.0 Å². The fraction of sp³-hybridized carbons (Fsp3) is 0.385. The van der Waals surface area contributed by atoms with Gasteiger partial charge in [0, 0.05) is 18.5 Å². The highest BCUT2D eigenvalue weighted by Crippen LogP contribution is 2.36. The fourth-order valence-electron chi connectivity index (χ4n) is 2.48. The first-order valence-electron chi connectivity index (χ1n) is 5.81. The second-order valence-electron chi connectivity index (χ2n) is 4.55. The van der Waals surface area contributed by atoms with Crippen molar-refractivity contribution in [3.63, 3.8) is 0 Å². The van der Waals surface area contributed by atoms with Crippen LogP contribution < -0.4 is 5.73 Å². The molecule has 1 saturated heterocycles. The van der Waals surface area contributed by atoms with E-state index in [1.54, 1.807) is 24.1 Å². The van der Waals surface area contributed by atoms with Crippen LogP contribution in [-0.4, -0.2) is 23.8 Å². The molecule has 0 aromatic heterocycles. The summed E-state index contributed by atoms with van der Waals surface area (Å²) in [5.41, 5.74) is 6.28. The van der Waals surface area contributed by atoms with Crippen molar-refractivity contribution < 1.29 is 9.59 Å². The first kappa shape index (κ1) is 12.9. The van der Waals surface area contributed by atoms with Crippen LogP contribution >= 0.6 is 11.6 Å². The average Bonchev–Trinajstić information content (AvgIpc) is 2.32. The molecule has 1 heterocycles. The zero-order chi connectivity index (χ0) is 13.3. The molecule has 1 aromatic rings. The van der Waals surface area contributed by atoms with Crippen LogP contribution in [0.5, 0.6) is 0 Å². The second-order valence-corrected chi connectivity index (χ2v) is 4.99. The van der Waals surface area contributed by atoms with Crippen molar-refractivity contribution in [2.45, 2.75) is 18.9 Å². The molecule has 1 aliphatic heterocycles. The molecule has 96 valence electrons. The number of halogens is 1. The maximum atomic E-state index is 11.8. The zero-order valence-corrected chi connectivity index (χ0v) is 10.9. The van der Waals surface area contributed by atoms with Gasteiger partial charge in [-0.1, -0.05) is 23.7 Å². The minimum absolute atomic E-state index is 0.0254. The predicted molar refractivity (Wildman–Crippen MR) is 68.9 cm³/mol. The van der Waals surface area contributed by atoms with Gasteiger partial charge in [0.1, 0.15) is 0 Å². The number of rotatable bonds is 2. The van der Waals surface area contributed by atoms with Crippen LogP contribution in [-0.2, 0) is 9.59 Å². The van der Waals surface area contributed by atoms with Gasteiger partial charge >= 0.3 is 0 Å². The van der Waals surface area contributed by atoms with Crippen LogP contribution in [0.15, 0.2) is 24.3 Å². The number of hydrogen-bond donors (Lipinski definition) is 1. The van der Waals surface area contributed by atoms with Crippen molar-refractivity contribution in [2.75, 3.05) is 7.05 Å². The lowest BCUT2D eigenvalue weighted by molar-refractivity contribution is -0.140. The quantitative estimate of drug-likeness (QED) is 0.886. The Balaban J connectivity index is 2.41. The summed E-state index contributed by atoms with van der Waals surface area (Å²) >= 11 is 5.96. The largest absolute Gasteiger partial charge is 0.369 e. The minimum atomic E-state index is -0.376. The third-order valence-corrected chi connectivity index (χ3v) is 3.65. The van der Waals surface area contributed by atoms with Crippen molar-refractivity contribution in [1.82, 2.24) is 4.90 Å². The van der Waals surface area contributed by atoms with E-state index < -0.39 is 0 Å². The SMILES string of the molecule is CN1C(=O)CCC(C(N)=O)C1c1cccc(Cl)c1. The molecule has 1 aromatic carbocycles. The number of hydrogen-bond acceptors (Lipinski definition) is 2. The Morgan fingerprint density at radius 3 is 2.83 bits per heavy atom. The molecule has 0 radical (unpaired) electrons. The third-order valence-electron chi connectivity index (χ3n) is 3.42. The molecule has 2 N–H and O–H groups in total. The van der Waals surface area contributed by atoms with Gasteiger partial charge in [0.15, 0.2) is 0 Å². The van der Waals surface area contributed by atoms with E-state index in [0.717, 1.165) is 5.56 Å². The van der Waals surface area contributed by atoms with E-state index >= 15 is 0 Å². The van der Waals surface area contributed by atoms with Gasteiger partial charge in [-0.05, 0) is 24.1 Å². The average molecular weight is 267 g/mol. The van der Waals surface area contributed by atoms with Crippen molar-refractivity contribution in [1.29, 1.82) is 0 Å². The molecule has 2 amide bonds. The Labute approximate surface area is 111 Å². The predicted octanol–water partition coefficient (Wildman–Crippen LogP) is 1.73. The third kappa shape index (κ3) is 2.34. The molecular weight excluding hydrogens is 252 g/mol. The van der Waals surface area contributed by atoms with Gasteiger partial charge < -0.3 is 10.6 Å². The number of benzene rings is 1. The molecule has 2 atom stereocenters. The van der Waals surface area contributed by atoms with Crippen LogP contribution in [0.1, 0.15) is 24.4 Å². The Kier molecular flexibility index (Phi) is 3.57. The highest BCUT2D eigenvalue weighted by atomic mass is 35.5. The molecule has 5 heteroatoms. The van der Waals surface area contributed by atoms with Gasteiger partial charge in [-0.25, -0.2) is 0 Å². The Bertz CT molecular complexity index is 490. The maximum Gasteiger partial charge on any atom is 0.222 e. The molecular formula is C13H15ClN2O2. The van der Waals surface area contributed by atoms with Gasteiger partial charge in [0.25, 0.3) is 0 Å². The summed E-state index contributed by atoms with van der Waals surface area (Å²) in [7, 11) is 1.70. The lowest BCUT2D eigenvalue weighted by Crippen LogP contribution is -2.44. The number of nitrogens with two attached hydrogens (primary N) is 1. The van der Waals surface area contributed by atoms with Crippen LogP contribution in [0, 0.1) is 5.92 Å². The van der Waals surface area contributed by atoms with E-state index in [4.69, 9.17) is 17.3 Å². The monoisotopic (exact) mass is 266 g/mol. The number of carbonyl (C=O) groups is 2. The zero-order valence-electron chi connectivity index (χ0n) is 10.1. The van der Waals surface area contributed by atoms with Crippen molar-refractivity contribution in [3.8, 4) is 0 Å². The van der Waals surface area contributed by atoms with E-state index in [2.05, 4.69) is 0 Å². The highest BCUT2D eigenvalue weighted by Gasteiger charge is 2.37. The number of amides is 2. The molecule has 2 unspecified atom stereocenters. The lowest BCUT2D eigenvalue weighted by Gasteiger charge is -2.37. The number of primary amides is 1. The summed E-state index contributed by atoms with van der Waals surface area (Å²) < 4.78 is 0. The number of piperidine rings is 1. The van der Waals surface area contributed by atoms with Crippen molar-refractivity contribution >= 4 is 23.4 Å². The lowest BCUT2D eigenvalue weighted by atomic mass is 9.84.